The van der Waals surface area contributed by atoms with Gasteiger partial charge in [0.15, 0.2) is 0 Å². The number of fused-ring (bicyclic) bond motifs is 1. The molecule has 0 saturated heterocycles. The molecule has 18 heavy (non-hydrogen) atoms. The highest BCUT2D eigenvalue weighted by atomic mass is 32.1. The molecule has 0 fully saturated rings. The molecule has 0 aliphatic carbocycles. The molecule has 1 radical (unpaired) electrons. The van der Waals surface area contributed by atoms with Crippen molar-refractivity contribution in [1.29, 1.82) is 5.41 Å². The van der Waals surface area contributed by atoms with Crippen LogP contribution in [0.25, 0.3) is 20.5 Å². The fourth-order valence-electron chi connectivity index (χ4n) is 1.89. The molecule has 0 aliphatic heterocycles. The van der Waals surface area contributed by atoms with Gasteiger partial charge in [-0.15, -0.1) is 11.3 Å². The third kappa shape index (κ3) is 1.89. The lowest BCUT2D eigenvalue weighted by molar-refractivity contribution is 1.42. The predicted octanol–water partition coefficient (Wildman–Crippen LogP) is 3.65. The van der Waals surface area contributed by atoms with Gasteiger partial charge in [0.05, 0.1) is 0 Å². The van der Waals surface area contributed by atoms with Crippen molar-refractivity contribution in [2.24, 2.45) is 5.73 Å². The Hall–Kier alpha value is -2.13. The van der Waals surface area contributed by atoms with E-state index in [9.17, 15) is 0 Å². The zero-order chi connectivity index (χ0) is 12.5. The Morgan fingerprint density at radius 1 is 1.17 bits per heavy atom. The highest BCUT2D eigenvalue weighted by Crippen LogP contribution is 2.33. The number of nitrogens with two attached hydrogens (primary N) is 1. The minimum absolute atomic E-state index is 0.0892. The summed E-state index contributed by atoms with van der Waals surface area (Å²) in [5, 5.41) is 8.70. The Morgan fingerprint density at radius 3 is 2.78 bits per heavy atom. The van der Waals surface area contributed by atoms with Crippen LogP contribution in [0.4, 0.5) is 0 Å². The second-order valence-electron chi connectivity index (χ2n) is 4.05. The van der Waals surface area contributed by atoms with Crippen LogP contribution in [0.15, 0.2) is 48.5 Å². The molecule has 3 N–H and O–H groups in total. The molecule has 0 unspecified atom stereocenters. The van der Waals surface area contributed by atoms with Crippen LogP contribution >= 0.6 is 11.3 Å². The molecule has 1 heterocycles. The van der Waals surface area contributed by atoms with Crippen molar-refractivity contribution in [3.63, 3.8) is 0 Å². The summed E-state index contributed by atoms with van der Waals surface area (Å²) in [7, 11) is 0. The number of nitrogen functional groups attached to an aromatic ring is 1. The molecule has 1 aromatic heterocycles. The van der Waals surface area contributed by atoms with Crippen LogP contribution in [0.3, 0.4) is 0 Å². The Morgan fingerprint density at radius 2 is 2.00 bits per heavy atom. The number of rotatable bonds is 2. The monoisotopic (exact) mass is 251 g/mol. The van der Waals surface area contributed by atoms with Gasteiger partial charge in [-0.1, -0.05) is 30.3 Å². The average molecular weight is 251 g/mol. The second-order valence-corrected chi connectivity index (χ2v) is 5.14. The summed E-state index contributed by atoms with van der Waals surface area (Å²) >= 11 is 1.73. The van der Waals surface area contributed by atoms with Crippen LogP contribution in [-0.2, 0) is 0 Å². The van der Waals surface area contributed by atoms with Crippen LogP contribution in [0.5, 0.6) is 0 Å². The van der Waals surface area contributed by atoms with E-state index < -0.39 is 0 Å². The van der Waals surface area contributed by atoms with E-state index in [1.54, 1.807) is 17.4 Å². The fourth-order valence-corrected chi connectivity index (χ4v) is 2.93. The molecule has 0 spiro atoms. The van der Waals surface area contributed by atoms with Gasteiger partial charge in [0.25, 0.3) is 0 Å². The van der Waals surface area contributed by atoms with Crippen LogP contribution in [-0.4, -0.2) is 5.84 Å². The van der Waals surface area contributed by atoms with Gasteiger partial charge >= 0.3 is 0 Å². The predicted molar refractivity (Wildman–Crippen MR) is 77.1 cm³/mol. The van der Waals surface area contributed by atoms with Gasteiger partial charge in [-0.05, 0) is 29.7 Å². The summed E-state index contributed by atoms with van der Waals surface area (Å²) in [6.07, 6.45) is 0. The van der Waals surface area contributed by atoms with Crippen LogP contribution in [0.1, 0.15) is 5.56 Å². The molecule has 3 heteroatoms. The van der Waals surface area contributed by atoms with Gasteiger partial charge in [0.2, 0.25) is 0 Å². The Kier molecular flexibility index (Phi) is 2.61. The first kappa shape index (κ1) is 11.0. The summed E-state index contributed by atoms with van der Waals surface area (Å²) < 4.78 is 1.26. The Balaban J connectivity index is 2.13. The van der Waals surface area contributed by atoms with E-state index in [1.807, 2.05) is 24.3 Å². The van der Waals surface area contributed by atoms with E-state index in [0.717, 1.165) is 16.0 Å². The number of hydrogen-bond donors (Lipinski definition) is 2. The molecule has 87 valence electrons. The summed E-state index contributed by atoms with van der Waals surface area (Å²) in [6.45, 7) is 0. The molecule has 0 amide bonds. The lowest BCUT2D eigenvalue weighted by Gasteiger charge is -2.00. The maximum absolute atomic E-state index is 7.47. The van der Waals surface area contributed by atoms with E-state index >= 15 is 0 Å². The number of amidine groups is 1. The molecular weight excluding hydrogens is 240 g/mol. The third-order valence-corrected chi connectivity index (χ3v) is 3.95. The average Bonchev–Trinajstić information content (AvgIpc) is 2.82. The molecule has 2 nitrogen and oxygen atoms in total. The molecule has 3 aromatic rings. The van der Waals surface area contributed by atoms with E-state index in [2.05, 4.69) is 24.3 Å². The maximum Gasteiger partial charge on any atom is 0.122 e. The highest BCUT2D eigenvalue weighted by molar-refractivity contribution is 7.22. The third-order valence-electron chi connectivity index (χ3n) is 2.80. The van der Waals surface area contributed by atoms with Gasteiger partial charge in [-0.3, -0.25) is 5.41 Å². The second kappa shape index (κ2) is 4.27. The lowest BCUT2D eigenvalue weighted by atomic mass is 10.1. The number of benzene rings is 2. The molecular formula is C15H11N2S. The number of nitrogens with one attached hydrogen (secondary N) is 1. The van der Waals surface area contributed by atoms with Crippen molar-refractivity contribution in [2.75, 3.05) is 0 Å². The van der Waals surface area contributed by atoms with Crippen molar-refractivity contribution >= 4 is 27.3 Å². The minimum atomic E-state index is 0.0892. The van der Waals surface area contributed by atoms with Gasteiger partial charge < -0.3 is 5.73 Å². The van der Waals surface area contributed by atoms with E-state index in [4.69, 9.17) is 11.1 Å². The van der Waals surface area contributed by atoms with Crippen LogP contribution in [0.2, 0.25) is 0 Å². The SMILES string of the molecule is N=C(N)c1cc[c]c(-c2cc3ccccc3s2)c1. The van der Waals surface area contributed by atoms with Gasteiger partial charge in [0, 0.05) is 20.7 Å². The Labute approximate surface area is 109 Å². The Bertz CT molecular complexity index is 695. The van der Waals surface area contributed by atoms with Crippen LogP contribution in [0, 0.1) is 11.5 Å². The molecule has 0 bridgehead atoms. The fraction of sp³-hybridized carbons (Fsp3) is 0. The van der Waals surface area contributed by atoms with Crippen molar-refractivity contribution in [2.45, 2.75) is 0 Å². The minimum Gasteiger partial charge on any atom is -0.384 e. The van der Waals surface area contributed by atoms with Gasteiger partial charge in [-0.25, -0.2) is 0 Å². The van der Waals surface area contributed by atoms with E-state index in [1.165, 1.54) is 10.1 Å². The first-order valence-electron chi connectivity index (χ1n) is 5.59. The maximum atomic E-state index is 7.47. The van der Waals surface area contributed by atoms with E-state index in [0.29, 0.717) is 0 Å². The lowest BCUT2D eigenvalue weighted by Crippen LogP contribution is -2.10. The largest absolute Gasteiger partial charge is 0.384 e. The zero-order valence-electron chi connectivity index (χ0n) is 9.60. The first-order valence-corrected chi connectivity index (χ1v) is 6.41. The number of hydrogen-bond acceptors (Lipinski definition) is 2. The van der Waals surface area contributed by atoms with Crippen molar-refractivity contribution < 1.29 is 0 Å². The van der Waals surface area contributed by atoms with Gasteiger partial charge in [0.1, 0.15) is 5.84 Å². The molecule has 3 rings (SSSR count). The normalized spacial score (nSPS) is 10.7. The summed E-state index contributed by atoms with van der Waals surface area (Å²) in [5.41, 5.74) is 7.24. The molecule has 0 aliphatic rings. The summed E-state index contributed by atoms with van der Waals surface area (Å²) in [4.78, 5) is 1.15. The summed E-state index contributed by atoms with van der Waals surface area (Å²) in [6, 6.07) is 19.2. The van der Waals surface area contributed by atoms with Crippen molar-refractivity contribution in [3.8, 4) is 10.4 Å². The summed E-state index contributed by atoms with van der Waals surface area (Å²) in [5.74, 6) is 0.0892. The highest BCUT2D eigenvalue weighted by Gasteiger charge is 2.05. The first-order chi connectivity index (χ1) is 8.74. The topological polar surface area (TPSA) is 49.9 Å². The quantitative estimate of drug-likeness (QED) is 0.530. The van der Waals surface area contributed by atoms with Gasteiger partial charge in [-0.2, -0.15) is 0 Å². The molecule has 2 aromatic carbocycles. The number of thiophene rings is 1. The van der Waals surface area contributed by atoms with Crippen LogP contribution < -0.4 is 5.73 Å². The van der Waals surface area contributed by atoms with Crippen molar-refractivity contribution in [1.82, 2.24) is 0 Å². The standard InChI is InChI=1S/C15H11N2S/c16-15(17)12-6-3-5-10(8-12)14-9-11-4-1-2-7-13(11)18-14/h1-4,6-9H,(H3,16,17). The van der Waals surface area contributed by atoms with E-state index in [-0.39, 0.29) is 5.84 Å². The zero-order valence-corrected chi connectivity index (χ0v) is 10.4. The molecule has 0 saturated carbocycles. The molecule has 0 atom stereocenters. The smallest absolute Gasteiger partial charge is 0.122 e. The van der Waals surface area contributed by atoms with Crippen molar-refractivity contribution in [3.05, 3.63) is 60.2 Å².